The summed E-state index contributed by atoms with van der Waals surface area (Å²) in [5.74, 6) is 0. The van der Waals surface area contributed by atoms with E-state index < -0.39 is 91.6 Å². The van der Waals surface area contributed by atoms with E-state index in [1.807, 2.05) is 0 Å². The van der Waals surface area contributed by atoms with Gasteiger partial charge in [0.2, 0.25) is 0 Å². The van der Waals surface area contributed by atoms with Crippen molar-refractivity contribution in [2.75, 3.05) is 26.4 Å². The van der Waals surface area contributed by atoms with Gasteiger partial charge in [-0.3, -0.25) is 33.3 Å². The van der Waals surface area contributed by atoms with Crippen molar-refractivity contribution in [3.8, 4) is 0 Å². The summed E-state index contributed by atoms with van der Waals surface area (Å²) >= 11 is 0. The second-order valence-electron chi connectivity index (χ2n) is 10.5. The Balaban J connectivity index is 0.00000353. The van der Waals surface area contributed by atoms with E-state index in [-0.39, 0.29) is 30.5 Å². The summed E-state index contributed by atoms with van der Waals surface area (Å²) in [4.78, 5) is 65.5. The number of aryl methyl sites for hydroxylation is 2. The molecule has 0 radical (unpaired) electrons. The van der Waals surface area contributed by atoms with E-state index in [1.54, 1.807) is 0 Å². The summed E-state index contributed by atoms with van der Waals surface area (Å²) in [6.07, 6.45) is -5.12. The van der Waals surface area contributed by atoms with Gasteiger partial charge in [0, 0.05) is 23.5 Å². The van der Waals surface area contributed by atoms with Gasteiger partial charge < -0.3 is 49.3 Å². The highest BCUT2D eigenvalue weighted by atomic mass is 31.2. The number of ether oxygens (including phenoxy) is 4. The lowest BCUT2D eigenvalue weighted by Crippen LogP contribution is -2.47. The number of aromatic amines is 2. The van der Waals surface area contributed by atoms with E-state index >= 15 is 0 Å². The van der Waals surface area contributed by atoms with Crippen molar-refractivity contribution in [3.05, 3.63) is 65.2 Å². The molecule has 20 heteroatoms. The van der Waals surface area contributed by atoms with E-state index in [0.29, 0.717) is 0 Å². The molecule has 0 amide bonds. The molecule has 0 aromatic carbocycles. The normalized spacial score (nSPS) is 36.2. The van der Waals surface area contributed by atoms with Gasteiger partial charge in [0.25, 0.3) is 18.9 Å². The predicted octanol–water partition coefficient (Wildman–Crippen LogP) is -3.36. The Morgan fingerprint density at radius 2 is 1.48 bits per heavy atom. The molecular weight excluding hydrogens is 589 g/mol. The smallest absolute Gasteiger partial charge is 0.330 e. The fourth-order valence-corrected chi connectivity index (χ4v) is 6.57. The molecule has 19 nitrogen and oxygen atoms in total. The van der Waals surface area contributed by atoms with Crippen molar-refractivity contribution >= 4 is 7.82 Å². The van der Waals surface area contributed by atoms with Crippen molar-refractivity contribution in [2.45, 2.75) is 61.9 Å². The molecule has 2 aromatic heterocycles. The first kappa shape index (κ1) is 30.6. The van der Waals surface area contributed by atoms with Gasteiger partial charge in [0.05, 0.1) is 26.4 Å². The van der Waals surface area contributed by atoms with Gasteiger partial charge in [-0.05, 0) is 13.8 Å². The molecule has 4 aliphatic heterocycles. The Hall–Kier alpha value is -2.81. The number of aromatic nitrogens is 4. The van der Waals surface area contributed by atoms with Crippen LogP contribution in [0.3, 0.4) is 0 Å². The maximum Gasteiger partial charge on any atom is 0.330 e. The van der Waals surface area contributed by atoms with Gasteiger partial charge >= 0.3 is 11.4 Å². The summed E-state index contributed by atoms with van der Waals surface area (Å²) in [7, 11) is -5.24. The van der Waals surface area contributed by atoms with E-state index in [4.69, 9.17) is 28.0 Å². The van der Waals surface area contributed by atoms with E-state index in [2.05, 4.69) is 9.97 Å². The third-order valence-electron chi connectivity index (χ3n) is 7.80. The maximum absolute atomic E-state index is 13.0. The number of aliphatic hydroxyl groups is 2. The summed E-state index contributed by atoms with van der Waals surface area (Å²) in [6, 6.07) is 0. The van der Waals surface area contributed by atoms with Crippen molar-refractivity contribution < 1.29 is 47.7 Å². The minimum atomic E-state index is -5.24. The second kappa shape index (κ2) is 10.4. The number of hydrogen-bond donors (Lipinski definition) is 5. The quantitative estimate of drug-likeness (QED) is 0.180. The highest BCUT2D eigenvalue weighted by Crippen LogP contribution is 2.54. The molecule has 6 rings (SSSR count). The van der Waals surface area contributed by atoms with Gasteiger partial charge in [0.15, 0.2) is 12.5 Å². The Morgan fingerprint density at radius 1 is 0.976 bits per heavy atom. The zero-order valence-electron chi connectivity index (χ0n) is 22.6. The topological polar surface area (TPSA) is 282 Å². The molecule has 9 atom stereocenters. The molecule has 4 fully saturated rings. The molecule has 42 heavy (non-hydrogen) atoms. The lowest BCUT2D eigenvalue weighted by molar-refractivity contribution is -0.245. The number of rotatable bonds is 8. The SMILES string of the molecule is Cc1cn([C@@H]2O[C@@]3(COP(=O)([O-])O[C@H]4[C@H]5OC[C@]4(CO)O[C@H]5n4cc(C)c(=O)[nH]c4=O)CO[C@@H]2[C@@H]3O)c(=O)[nH]c1=O.[NH4+]. The van der Waals surface area contributed by atoms with Crippen LogP contribution in [0.25, 0.3) is 0 Å². The van der Waals surface area contributed by atoms with Crippen molar-refractivity contribution in [1.29, 1.82) is 0 Å². The third kappa shape index (κ3) is 4.66. The van der Waals surface area contributed by atoms with Crippen LogP contribution in [0.5, 0.6) is 0 Å². The number of aliphatic hydroxyl groups excluding tert-OH is 2. The fourth-order valence-electron chi connectivity index (χ4n) is 5.54. The summed E-state index contributed by atoms with van der Waals surface area (Å²) < 4.78 is 48.3. The molecule has 6 heterocycles. The van der Waals surface area contributed by atoms with Crippen LogP contribution in [-0.4, -0.2) is 91.4 Å². The van der Waals surface area contributed by atoms with Crippen LogP contribution in [0, 0.1) is 13.8 Å². The van der Waals surface area contributed by atoms with E-state index in [0.717, 1.165) is 9.13 Å². The highest BCUT2D eigenvalue weighted by Gasteiger charge is 2.65. The third-order valence-corrected chi connectivity index (χ3v) is 8.73. The lowest BCUT2D eigenvalue weighted by atomic mass is 10.0. The number of H-pyrrole nitrogens is 2. The average Bonchev–Trinajstić information content (AvgIpc) is 3.61. The number of fused-ring (bicyclic) bond motifs is 4. The highest BCUT2D eigenvalue weighted by molar-refractivity contribution is 7.45. The Bertz CT molecular complexity index is 1670. The molecule has 0 spiro atoms. The molecule has 1 unspecified atom stereocenters. The summed E-state index contributed by atoms with van der Waals surface area (Å²) in [6.45, 7) is 0.869. The van der Waals surface area contributed by atoms with Crippen LogP contribution in [0.15, 0.2) is 31.6 Å². The van der Waals surface area contributed by atoms with Crippen LogP contribution in [0.1, 0.15) is 23.6 Å². The second-order valence-corrected chi connectivity index (χ2v) is 11.9. The Kier molecular flexibility index (Phi) is 7.60. The van der Waals surface area contributed by atoms with Gasteiger partial charge in [0.1, 0.15) is 35.6 Å². The summed E-state index contributed by atoms with van der Waals surface area (Å²) in [5.41, 5.74) is -5.90. The monoisotopic (exact) mass is 619 g/mol. The minimum absolute atomic E-state index is 0. The van der Waals surface area contributed by atoms with Gasteiger partial charge in [-0.15, -0.1) is 0 Å². The standard InChI is InChI=1S/C22H27N4O14P.H3N/c1-9-3-25(19(31)23-15(9)29)17-11-13(28)22(39-17,7-35-11)8-37-41(33,34)40-14-12-18(38-21(14,5-27)6-36-12)26-4-10(2)16(30)24-20(26)32;/h3-4,11-14,17-18,27-28H,5-8H2,1-2H3,(H,33,34)(H,23,29,31)(H,24,30,32);1H3/t11-,12-,13+,14+,17-,18-,21+,22-;/m1./s1. The van der Waals surface area contributed by atoms with Crippen molar-refractivity contribution in [1.82, 2.24) is 25.3 Å². The zero-order valence-corrected chi connectivity index (χ0v) is 23.5. The largest absolute Gasteiger partial charge is 0.756 e. The van der Waals surface area contributed by atoms with E-state index in [1.165, 1.54) is 26.2 Å². The maximum atomic E-state index is 13.0. The molecule has 4 aliphatic rings. The van der Waals surface area contributed by atoms with Crippen LogP contribution >= 0.6 is 7.82 Å². The fraction of sp³-hybridized carbons (Fsp3) is 0.636. The van der Waals surface area contributed by atoms with Crippen LogP contribution in [0.4, 0.5) is 0 Å². The lowest BCUT2D eigenvalue weighted by Gasteiger charge is -2.35. The Morgan fingerprint density at radius 3 is 2.05 bits per heavy atom. The first-order valence-electron chi connectivity index (χ1n) is 12.5. The number of phosphoric ester groups is 1. The molecule has 4 saturated heterocycles. The average molecular weight is 619 g/mol. The molecule has 8 N–H and O–H groups in total. The van der Waals surface area contributed by atoms with Gasteiger partial charge in [-0.1, -0.05) is 0 Å². The number of hydrogen-bond acceptors (Lipinski definition) is 14. The van der Waals surface area contributed by atoms with Gasteiger partial charge in [-0.25, -0.2) is 9.59 Å². The molecule has 0 aliphatic carbocycles. The zero-order chi connectivity index (χ0) is 29.5. The van der Waals surface area contributed by atoms with Crippen LogP contribution < -0.4 is 33.5 Å². The first-order chi connectivity index (χ1) is 19.3. The Labute approximate surface area is 234 Å². The minimum Gasteiger partial charge on any atom is -0.756 e. The predicted molar refractivity (Wildman–Crippen MR) is 135 cm³/mol. The molecule has 0 saturated carbocycles. The van der Waals surface area contributed by atoms with Crippen molar-refractivity contribution in [2.24, 2.45) is 0 Å². The van der Waals surface area contributed by atoms with Crippen LogP contribution in [-0.2, 0) is 32.6 Å². The van der Waals surface area contributed by atoms with Crippen LogP contribution in [0.2, 0.25) is 0 Å². The number of nitrogens with one attached hydrogen (secondary N) is 2. The summed E-state index contributed by atoms with van der Waals surface area (Å²) in [5, 5.41) is 20.9. The molecular formula is C22H30N5O14P. The first-order valence-corrected chi connectivity index (χ1v) is 13.9. The van der Waals surface area contributed by atoms with Crippen molar-refractivity contribution in [3.63, 3.8) is 0 Å². The molecule has 4 bridgehead atoms. The number of quaternary nitrogens is 1. The number of phosphoric acid groups is 1. The number of nitrogens with zero attached hydrogens (tertiary/aromatic N) is 2. The molecule has 2 aromatic rings. The van der Waals surface area contributed by atoms with Gasteiger partial charge in [-0.2, -0.15) is 0 Å². The van der Waals surface area contributed by atoms with E-state index in [9.17, 15) is 38.8 Å². The molecule has 232 valence electrons.